The number of nitrogens with zero attached hydrogens (tertiary/aromatic N) is 3. The van der Waals surface area contributed by atoms with Crippen LogP contribution in [-0.4, -0.2) is 39.9 Å². The van der Waals surface area contributed by atoms with Crippen LogP contribution in [-0.2, 0) is 11.0 Å². The van der Waals surface area contributed by atoms with Gasteiger partial charge < -0.3 is 4.90 Å². The molecular formula is C19H20ClF3N4O. The molecule has 0 radical (unpaired) electrons. The highest BCUT2D eigenvalue weighted by Crippen LogP contribution is 2.38. The van der Waals surface area contributed by atoms with Crippen molar-refractivity contribution in [1.29, 1.82) is 0 Å². The zero-order chi connectivity index (χ0) is 19.2. The van der Waals surface area contributed by atoms with Gasteiger partial charge in [-0.1, -0.05) is 12.1 Å². The third-order valence-corrected chi connectivity index (χ3v) is 5.43. The fourth-order valence-corrected chi connectivity index (χ4v) is 3.89. The molecule has 2 atom stereocenters. The summed E-state index contributed by atoms with van der Waals surface area (Å²) in [4.78, 5) is 23.0. The third kappa shape index (κ3) is 3.58. The van der Waals surface area contributed by atoms with Gasteiger partial charge in [0.15, 0.2) is 0 Å². The number of likely N-dealkylation sites (N-methyl/N-ethyl adjacent to an activating group) is 1. The van der Waals surface area contributed by atoms with Crippen molar-refractivity contribution < 1.29 is 18.0 Å². The van der Waals surface area contributed by atoms with E-state index in [1.165, 1.54) is 12.1 Å². The van der Waals surface area contributed by atoms with E-state index in [1.807, 2.05) is 0 Å². The van der Waals surface area contributed by atoms with Gasteiger partial charge >= 0.3 is 6.18 Å². The Balaban J connectivity index is 0.00000225. The molecule has 5 nitrogen and oxygen atoms in total. The lowest BCUT2D eigenvalue weighted by Crippen LogP contribution is -2.47. The summed E-state index contributed by atoms with van der Waals surface area (Å²) in [5, 5.41) is 3.41. The van der Waals surface area contributed by atoms with Crippen LogP contribution in [0.5, 0.6) is 0 Å². The summed E-state index contributed by atoms with van der Waals surface area (Å²) in [5.41, 5.74) is -0.0705. The first-order chi connectivity index (χ1) is 12.8. The van der Waals surface area contributed by atoms with Gasteiger partial charge in [-0.15, -0.1) is 12.4 Å². The fourth-order valence-electron chi connectivity index (χ4n) is 3.89. The van der Waals surface area contributed by atoms with E-state index in [0.29, 0.717) is 17.1 Å². The topological polar surface area (TPSA) is 58.1 Å². The summed E-state index contributed by atoms with van der Waals surface area (Å²) in [6.07, 6.45) is -0.523. The second kappa shape index (κ2) is 7.33. The van der Waals surface area contributed by atoms with E-state index in [0.717, 1.165) is 37.9 Å². The zero-order valence-electron chi connectivity index (χ0n) is 15.2. The van der Waals surface area contributed by atoms with Gasteiger partial charge in [-0.2, -0.15) is 13.2 Å². The molecule has 3 heterocycles. The second-order valence-electron chi connectivity index (χ2n) is 7.17. The van der Waals surface area contributed by atoms with Crippen LogP contribution in [0.3, 0.4) is 0 Å². The summed E-state index contributed by atoms with van der Waals surface area (Å²) < 4.78 is 38.2. The molecule has 2 aromatic rings. The standard InChI is InChI=1S/C19H19F3N4O.ClH/c1-26-11-9-18(17(26)27)8-6-15(25-18)16-23-10-7-14(24-16)12-2-4-13(5-3-12)19(20,21)22;/h2-5,7,10,15,25H,6,8-9,11H2,1H3;1H/t15-,18+;/m1./s1. The molecule has 28 heavy (non-hydrogen) atoms. The van der Waals surface area contributed by atoms with E-state index >= 15 is 0 Å². The quantitative estimate of drug-likeness (QED) is 0.818. The first kappa shape index (κ1) is 20.5. The average molecular weight is 413 g/mol. The minimum atomic E-state index is -4.36. The Kier molecular flexibility index (Phi) is 5.38. The fraction of sp³-hybridized carbons (Fsp3) is 0.421. The molecule has 1 aromatic heterocycles. The zero-order valence-corrected chi connectivity index (χ0v) is 16.0. The van der Waals surface area contributed by atoms with Crippen molar-refractivity contribution in [3.8, 4) is 11.3 Å². The van der Waals surface area contributed by atoms with Crippen LogP contribution in [0.1, 0.15) is 36.7 Å². The molecule has 4 rings (SSSR count). The molecular weight excluding hydrogens is 393 g/mol. The van der Waals surface area contributed by atoms with Gasteiger partial charge in [0.2, 0.25) is 5.91 Å². The molecule has 2 fully saturated rings. The first-order valence-corrected chi connectivity index (χ1v) is 8.82. The SMILES string of the molecule is CN1CC[C@@]2(CC[C@H](c3nccc(-c4ccc(C(F)(F)F)cc4)n3)N2)C1=O.Cl. The molecule has 9 heteroatoms. The molecule has 0 aliphatic carbocycles. The van der Waals surface area contributed by atoms with Crippen LogP contribution >= 0.6 is 12.4 Å². The second-order valence-corrected chi connectivity index (χ2v) is 7.17. The maximum atomic E-state index is 12.7. The maximum absolute atomic E-state index is 12.7. The van der Waals surface area contributed by atoms with Gasteiger partial charge in [0, 0.05) is 25.4 Å². The highest BCUT2D eigenvalue weighted by atomic mass is 35.5. The third-order valence-electron chi connectivity index (χ3n) is 5.43. The van der Waals surface area contributed by atoms with Crippen LogP contribution < -0.4 is 5.32 Å². The van der Waals surface area contributed by atoms with E-state index in [9.17, 15) is 18.0 Å². The number of hydrogen-bond donors (Lipinski definition) is 1. The highest BCUT2D eigenvalue weighted by molar-refractivity contribution is 5.88. The van der Waals surface area contributed by atoms with E-state index < -0.39 is 17.3 Å². The van der Waals surface area contributed by atoms with Gasteiger partial charge in [0.1, 0.15) is 11.4 Å². The van der Waals surface area contributed by atoms with Crippen LogP contribution in [0.15, 0.2) is 36.5 Å². The van der Waals surface area contributed by atoms with Gasteiger partial charge in [0.25, 0.3) is 0 Å². The molecule has 2 aliphatic heterocycles. The number of halogens is 4. The van der Waals surface area contributed by atoms with Crippen molar-refractivity contribution in [3.63, 3.8) is 0 Å². The number of carbonyl (C=O) groups excluding carboxylic acids is 1. The van der Waals surface area contributed by atoms with Crippen molar-refractivity contribution in [3.05, 3.63) is 47.9 Å². The number of rotatable bonds is 2. The number of likely N-dealkylation sites (tertiary alicyclic amines) is 1. The molecule has 1 spiro atoms. The van der Waals surface area contributed by atoms with E-state index in [4.69, 9.17) is 0 Å². The predicted octanol–water partition coefficient (Wildman–Crippen LogP) is 3.61. The number of carbonyl (C=O) groups is 1. The summed E-state index contributed by atoms with van der Waals surface area (Å²) in [6, 6.07) is 6.45. The molecule has 2 aliphatic rings. The minimum absolute atomic E-state index is 0. The first-order valence-electron chi connectivity index (χ1n) is 8.82. The summed E-state index contributed by atoms with van der Waals surface area (Å²) >= 11 is 0. The number of alkyl halides is 3. The molecule has 0 saturated carbocycles. The molecule has 1 N–H and O–H groups in total. The maximum Gasteiger partial charge on any atom is 0.416 e. The molecule has 0 bridgehead atoms. The normalized spacial score (nSPS) is 24.6. The van der Waals surface area contributed by atoms with E-state index in [-0.39, 0.29) is 24.4 Å². The lowest BCUT2D eigenvalue weighted by Gasteiger charge is -2.23. The summed E-state index contributed by atoms with van der Waals surface area (Å²) in [5.74, 6) is 0.663. The Bertz CT molecular complexity index is 874. The van der Waals surface area contributed by atoms with Gasteiger partial charge in [-0.25, -0.2) is 9.97 Å². The Labute approximate surface area is 166 Å². The minimum Gasteiger partial charge on any atom is -0.344 e. The van der Waals surface area contributed by atoms with Crippen molar-refractivity contribution in [2.75, 3.05) is 13.6 Å². The monoisotopic (exact) mass is 412 g/mol. The highest BCUT2D eigenvalue weighted by Gasteiger charge is 2.50. The van der Waals surface area contributed by atoms with Gasteiger partial charge in [0.05, 0.1) is 17.3 Å². The van der Waals surface area contributed by atoms with Crippen LogP contribution in [0.2, 0.25) is 0 Å². The Hall–Kier alpha value is -2.19. The van der Waals surface area contributed by atoms with E-state index in [1.54, 1.807) is 24.2 Å². The van der Waals surface area contributed by atoms with Crippen molar-refractivity contribution in [1.82, 2.24) is 20.2 Å². The Morgan fingerprint density at radius 3 is 2.50 bits per heavy atom. The number of amides is 1. The summed E-state index contributed by atoms with van der Waals surface area (Å²) in [6.45, 7) is 0.727. The van der Waals surface area contributed by atoms with Crippen molar-refractivity contribution in [2.45, 2.75) is 37.0 Å². The van der Waals surface area contributed by atoms with Gasteiger partial charge in [-0.05, 0) is 37.5 Å². The van der Waals surface area contributed by atoms with Crippen LogP contribution in [0.4, 0.5) is 13.2 Å². The number of aromatic nitrogens is 2. The molecule has 1 aromatic carbocycles. The van der Waals surface area contributed by atoms with E-state index in [2.05, 4.69) is 15.3 Å². The molecule has 0 unspecified atom stereocenters. The number of nitrogens with one attached hydrogen (secondary N) is 1. The Morgan fingerprint density at radius 1 is 1.18 bits per heavy atom. The van der Waals surface area contributed by atoms with Gasteiger partial charge in [-0.3, -0.25) is 10.1 Å². The molecule has 2 saturated heterocycles. The molecule has 150 valence electrons. The Morgan fingerprint density at radius 2 is 1.89 bits per heavy atom. The van der Waals surface area contributed by atoms with Crippen molar-refractivity contribution >= 4 is 18.3 Å². The number of benzene rings is 1. The van der Waals surface area contributed by atoms with Crippen LogP contribution in [0.25, 0.3) is 11.3 Å². The average Bonchev–Trinajstić information content (AvgIpc) is 3.21. The lowest BCUT2D eigenvalue weighted by atomic mass is 9.96. The molecule has 1 amide bonds. The lowest BCUT2D eigenvalue weighted by molar-refractivity contribution is -0.137. The predicted molar refractivity (Wildman–Crippen MR) is 99.8 cm³/mol. The smallest absolute Gasteiger partial charge is 0.344 e. The number of hydrogen-bond acceptors (Lipinski definition) is 4. The largest absolute Gasteiger partial charge is 0.416 e. The van der Waals surface area contributed by atoms with Crippen molar-refractivity contribution in [2.24, 2.45) is 0 Å². The summed E-state index contributed by atoms with van der Waals surface area (Å²) in [7, 11) is 1.80. The van der Waals surface area contributed by atoms with Crippen LogP contribution in [0, 0.1) is 0 Å².